The van der Waals surface area contributed by atoms with Gasteiger partial charge in [0.15, 0.2) is 5.76 Å². The molecule has 0 saturated carbocycles. The summed E-state index contributed by atoms with van der Waals surface area (Å²) in [7, 11) is 0. The van der Waals surface area contributed by atoms with Gasteiger partial charge in [-0.3, -0.25) is 0 Å². The van der Waals surface area contributed by atoms with Gasteiger partial charge in [0.25, 0.3) is 0 Å². The summed E-state index contributed by atoms with van der Waals surface area (Å²) in [6.07, 6.45) is 2.35. The monoisotopic (exact) mass is 211 g/mol. The van der Waals surface area contributed by atoms with Crippen LogP contribution in [0.4, 0.5) is 0 Å². The maximum Gasteiger partial charge on any atom is 0.341 e. The first-order valence-corrected chi connectivity index (χ1v) is 5.33. The van der Waals surface area contributed by atoms with Crippen molar-refractivity contribution >= 4 is 5.97 Å². The van der Waals surface area contributed by atoms with Crippen LogP contribution >= 0.6 is 0 Å². The van der Waals surface area contributed by atoms with Gasteiger partial charge in [-0.2, -0.15) is 0 Å². The molecule has 0 fully saturated rings. The van der Waals surface area contributed by atoms with Gasteiger partial charge < -0.3 is 9.63 Å². The molecule has 0 aromatic carbocycles. The number of hydrogen-bond acceptors (Lipinski definition) is 3. The molecule has 1 rings (SSSR count). The first kappa shape index (κ1) is 11.8. The van der Waals surface area contributed by atoms with E-state index in [0.29, 0.717) is 17.9 Å². The first-order valence-electron chi connectivity index (χ1n) is 5.33. The Kier molecular flexibility index (Phi) is 3.88. The quantitative estimate of drug-likeness (QED) is 0.813. The van der Waals surface area contributed by atoms with Gasteiger partial charge >= 0.3 is 5.97 Å². The van der Waals surface area contributed by atoms with E-state index < -0.39 is 5.97 Å². The van der Waals surface area contributed by atoms with Crippen molar-refractivity contribution in [1.82, 2.24) is 5.16 Å². The number of aromatic carboxylic acids is 1. The minimum Gasteiger partial charge on any atom is -0.477 e. The maximum absolute atomic E-state index is 11.1. The van der Waals surface area contributed by atoms with Crippen LogP contribution in [-0.4, -0.2) is 16.2 Å². The molecule has 1 unspecified atom stereocenters. The number of rotatable bonds is 5. The SMILES string of the molecule is CCCc1onc(C(C)CC)c1C(=O)O. The number of aromatic nitrogens is 1. The van der Waals surface area contributed by atoms with Crippen molar-refractivity contribution in [3.63, 3.8) is 0 Å². The molecule has 0 radical (unpaired) electrons. The second kappa shape index (κ2) is 4.96. The van der Waals surface area contributed by atoms with Crippen molar-refractivity contribution in [2.24, 2.45) is 0 Å². The summed E-state index contributed by atoms with van der Waals surface area (Å²) >= 11 is 0. The van der Waals surface area contributed by atoms with Gasteiger partial charge in [-0.15, -0.1) is 0 Å². The molecule has 0 saturated heterocycles. The number of carboxylic acids is 1. The Hall–Kier alpha value is -1.32. The molecule has 15 heavy (non-hydrogen) atoms. The van der Waals surface area contributed by atoms with E-state index in [2.05, 4.69) is 5.16 Å². The number of nitrogens with zero attached hydrogens (tertiary/aromatic N) is 1. The fourth-order valence-electron chi connectivity index (χ4n) is 1.49. The van der Waals surface area contributed by atoms with Crippen molar-refractivity contribution < 1.29 is 14.4 Å². The standard InChI is InChI=1S/C11H17NO3/c1-4-6-8-9(11(13)14)10(12-15-8)7(3)5-2/h7H,4-6H2,1-3H3,(H,13,14). The largest absolute Gasteiger partial charge is 0.477 e. The van der Waals surface area contributed by atoms with Gasteiger partial charge in [0, 0.05) is 12.3 Å². The zero-order valence-corrected chi connectivity index (χ0v) is 9.41. The normalized spacial score (nSPS) is 12.7. The molecule has 0 amide bonds. The van der Waals surface area contributed by atoms with E-state index >= 15 is 0 Å². The van der Waals surface area contributed by atoms with Crippen LogP contribution in [0.25, 0.3) is 0 Å². The highest BCUT2D eigenvalue weighted by atomic mass is 16.5. The van der Waals surface area contributed by atoms with Gasteiger partial charge in [-0.05, 0) is 12.8 Å². The van der Waals surface area contributed by atoms with Crippen molar-refractivity contribution in [2.45, 2.75) is 46.0 Å². The molecule has 84 valence electrons. The molecule has 1 aromatic rings. The molecule has 0 aliphatic carbocycles. The fourth-order valence-corrected chi connectivity index (χ4v) is 1.49. The minimum atomic E-state index is -0.935. The first-order chi connectivity index (χ1) is 7.11. The van der Waals surface area contributed by atoms with Gasteiger partial charge in [-0.25, -0.2) is 4.79 Å². The van der Waals surface area contributed by atoms with E-state index in [1.165, 1.54) is 0 Å². The summed E-state index contributed by atoms with van der Waals surface area (Å²) in [6.45, 7) is 5.95. The highest BCUT2D eigenvalue weighted by Gasteiger charge is 2.24. The third-order valence-corrected chi connectivity index (χ3v) is 2.56. The Labute approximate surface area is 89.3 Å². The number of carboxylic acid groups (broad SMARTS) is 1. The molecule has 0 bridgehead atoms. The molecular weight excluding hydrogens is 194 g/mol. The molecule has 0 aliphatic rings. The summed E-state index contributed by atoms with van der Waals surface area (Å²) in [6, 6.07) is 0. The van der Waals surface area contributed by atoms with Crippen molar-refractivity contribution in [3.8, 4) is 0 Å². The lowest BCUT2D eigenvalue weighted by Crippen LogP contribution is -2.05. The van der Waals surface area contributed by atoms with Crippen LogP contribution in [0.1, 0.15) is 61.3 Å². The van der Waals surface area contributed by atoms with E-state index in [4.69, 9.17) is 9.63 Å². The zero-order chi connectivity index (χ0) is 11.4. The maximum atomic E-state index is 11.1. The minimum absolute atomic E-state index is 0.130. The van der Waals surface area contributed by atoms with Crippen LogP contribution in [0, 0.1) is 0 Å². The molecule has 4 nitrogen and oxygen atoms in total. The summed E-state index contributed by atoms with van der Waals surface area (Å²) < 4.78 is 5.09. The number of carbonyl (C=O) groups is 1. The molecule has 1 N–H and O–H groups in total. The lowest BCUT2D eigenvalue weighted by Gasteiger charge is -2.04. The van der Waals surface area contributed by atoms with Gasteiger partial charge in [0.05, 0.1) is 0 Å². The smallest absolute Gasteiger partial charge is 0.341 e. The van der Waals surface area contributed by atoms with Crippen LogP contribution < -0.4 is 0 Å². The molecule has 0 aliphatic heterocycles. The van der Waals surface area contributed by atoms with Crippen LogP contribution in [0.5, 0.6) is 0 Å². The third-order valence-electron chi connectivity index (χ3n) is 2.56. The van der Waals surface area contributed by atoms with Crippen LogP contribution in [-0.2, 0) is 6.42 Å². The Morgan fingerprint density at radius 2 is 2.20 bits per heavy atom. The summed E-state index contributed by atoms with van der Waals surface area (Å²) in [5.41, 5.74) is 0.847. The van der Waals surface area contributed by atoms with Gasteiger partial charge in [-0.1, -0.05) is 25.9 Å². The molecule has 0 spiro atoms. The Bertz CT molecular complexity index is 344. The highest BCUT2D eigenvalue weighted by Crippen LogP contribution is 2.25. The lowest BCUT2D eigenvalue weighted by molar-refractivity contribution is 0.0693. The fraction of sp³-hybridized carbons (Fsp3) is 0.636. The second-order valence-corrected chi connectivity index (χ2v) is 3.73. The molecule has 4 heteroatoms. The third kappa shape index (κ3) is 2.37. The van der Waals surface area contributed by atoms with Crippen LogP contribution in [0.3, 0.4) is 0 Å². The van der Waals surface area contributed by atoms with E-state index in [9.17, 15) is 4.79 Å². The van der Waals surface area contributed by atoms with Crippen LogP contribution in [0.2, 0.25) is 0 Å². The van der Waals surface area contributed by atoms with Crippen molar-refractivity contribution in [2.75, 3.05) is 0 Å². The predicted octanol–water partition coefficient (Wildman–Crippen LogP) is 2.84. The average molecular weight is 211 g/mol. The predicted molar refractivity (Wildman–Crippen MR) is 56.2 cm³/mol. The van der Waals surface area contributed by atoms with Crippen molar-refractivity contribution in [1.29, 1.82) is 0 Å². The molecular formula is C11H17NO3. The van der Waals surface area contributed by atoms with Crippen molar-refractivity contribution in [3.05, 3.63) is 17.0 Å². The summed E-state index contributed by atoms with van der Waals surface area (Å²) in [5, 5.41) is 13.0. The molecule has 1 atom stereocenters. The average Bonchev–Trinajstić information content (AvgIpc) is 2.61. The van der Waals surface area contributed by atoms with E-state index in [1.54, 1.807) is 0 Å². The highest BCUT2D eigenvalue weighted by molar-refractivity contribution is 5.90. The summed E-state index contributed by atoms with van der Waals surface area (Å²) in [4.78, 5) is 11.1. The Morgan fingerprint density at radius 3 is 2.67 bits per heavy atom. The zero-order valence-electron chi connectivity index (χ0n) is 9.41. The molecule has 1 heterocycles. The van der Waals surface area contributed by atoms with Gasteiger partial charge in [0.2, 0.25) is 0 Å². The van der Waals surface area contributed by atoms with E-state index in [1.807, 2.05) is 20.8 Å². The second-order valence-electron chi connectivity index (χ2n) is 3.73. The summed E-state index contributed by atoms with van der Waals surface area (Å²) in [5.74, 6) is -0.305. The van der Waals surface area contributed by atoms with E-state index in [-0.39, 0.29) is 11.5 Å². The Balaban J connectivity index is 3.11. The molecule has 1 aromatic heterocycles. The lowest BCUT2D eigenvalue weighted by atomic mass is 9.99. The topological polar surface area (TPSA) is 63.3 Å². The number of aryl methyl sites for hydroxylation is 1. The number of hydrogen-bond donors (Lipinski definition) is 1. The van der Waals surface area contributed by atoms with Crippen LogP contribution in [0.15, 0.2) is 4.52 Å². The van der Waals surface area contributed by atoms with E-state index in [0.717, 1.165) is 12.8 Å². The Morgan fingerprint density at radius 1 is 1.53 bits per heavy atom. The van der Waals surface area contributed by atoms with Gasteiger partial charge in [0.1, 0.15) is 11.3 Å².